The van der Waals surface area contributed by atoms with E-state index in [-0.39, 0.29) is 11.2 Å². The van der Waals surface area contributed by atoms with Gasteiger partial charge in [-0.05, 0) is 48.6 Å². The van der Waals surface area contributed by atoms with Crippen molar-refractivity contribution in [2.75, 3.05) is 13.2 Å². The molecule has 1 fully saturated rings. The van der Waals surface area contributed by atoms with Crippen molar-refractivity contribution in [3.05, 3.63) is 53.6 Å². The number of benzene rings is 2. The lowest BCUT2D eigenvalue weighted by Crippen LogP contribution is -2.40. The predicted octanol–water partition coefficient (Wildman–Crippen LogP) is 7.38. The number of hydrogen-bond donors (Lipinski definition) is 3. The van der Waals surface area contributed by atoms with Gasteiger partial charge in [0.25, 0.3) is 0 Å². The third-order valence-corrected chi connectivity index (χ3v) is 8.29. The molecule has 0 aliphatic carbocycles. The maximum Gasteiger partial charge on any atom is 0.126 e. The number of hydrazine groups is 1. The SMILES string of the molecule is CCCCN1NC1CCCCCCCCCCC1c2ccc(O)cc2OCC1(C)c1ccc(O)cc1. The first-order valence-electron chi connectivity index (χ1n) is 14.3. The number of nitrogens with zero attached hydrogens (tertiary/aromatic N) is 1. The Kier molecular flexibility index (Phi) is 9.55. The molecule has 0 saturated carbocycles. The summed E-state index contributed by atoms with van der Waals surface area (Å²) >= 11 is 0. The van der Waals surface area contributed by atoms with Gasteiger partial charge in [0.1, 0.15) is 17.2 Å². The summed E-state index contributed by atoms with van der Waals surface area (Å²) in [7, 11) is 0. The molecule has 0 bridgehead atoms. The molecule has 2 heterocycles. The monoisotopic (exact) mass is 494 g/mol. The van der Waals surface area contributed by atoms with Crippen molar-refractivity contribution in [2.45, 2.75) is 108 Å². The van der Waals surface area contributed by atoms with E-state index in [0.29, 0.717) is 24.4 Å². The van der Waals surface area contributed by atoms with Crippen LogP contribution in [0.1, 0.15) is 108 Å². The molecule has 3 N–H and O–H groups in total. The molecular weight excluding hydrogens is 448 g/mol. The van der Waals surface area contributed by atoms with Crippen molar-refractivity contribution in [1.82, 2.24) is 10.4 Å². The fourth-order valence-electron chi connectivity index (χ4n) is 5.88. The van der Waals surface area contributed by atoms with Crippen molar-refractivity contribution in [2.24, 2.45) is 0 Å². The average Bonchev–Trinajstić information content (AvgIpc) is 3.63. The van der Waals surface area contributed by atoms with Crippen molar-refractivity contribution < 1.29 is 14.9 Å². The number of phenolic OH excluding ortho intramolecular Hbond substituents is 2. The Morgan fingerprint density at radius 2 is 1.50 bits per heavy atom. The smallest absolute Gasteiger partial charge is 0.126 e. The van der Waals surface area contributed by atoms with E-state index < -0.39 is 0 Å². The lowest BCUT2D eigenvalue weighted by atomic mass is 9.66. The van der Waals surface area contributed by atoms with Gasteiger partial charge in [-0.2, -0.15) is 0 Å². The molecule has 5 nitrogen and oxygen atoms in total. The van der Waals surface area contributed by atoms with Crippen LogP contribution in [0, 0.1) is 0 Å². The predicted molar refractivity (Wildman–Crippen MR) is 147 cm³/mol. The van der Waals surface area contributed by atoms with Crippen LogP contribution in [-0.4, -0.2) is 34.5 Å². The Hall–Kier alpha value is -2.24. The minimum atomic E-state index is -0.166. The van der Waals surface area contributed by atoms with E-state index in [0.717, 1.165) is 12.2 Å². The fourth-order valence-corrected chi connectivity index (χ4v) is 5.88. The molecule has 198 valence electrons. The van der Waals surface area contributed by atoms with Gasteiger partial charge in [0, 0.05) is 23.9 Å². The Balaban J connectivity index is 1.19. The maximum atomic E-state index is 9.96. The second-order valence-electron chi connectivity index (χ2n) is 11.1. The van der Waals surface area contributed by atoms with E-state index in [4.69, 9.17) is 4.74 Å². The summed E-state index contributed by atoms with van der Waals surface area (Å²) in [6.45, 7) is 6.31. The third-order valence-electron chi connectivity index (χ3n) is 8.29. The van der Waals surface area contributed by atoms with E-state index in [9.17, 15) is 10.2 Å². The van der Waals surface area contributed by atoms with Gasteiger partial charge in [-0.25, -0.2) is 10.4 Å². The lowest BCUT2D eigenvalue weighted by Gasteiger charge is -2.43. The summed E-state index contributed by atoms with van der Waals surface area (Å²) in [5.41, 5.74) is 5.70. The first-order valence-corrected chi connectivity index (χ1v) is 14.3. The number of aromatic hydroxyl groups is 2. The number of fused-ring (bicyclic) bond motifs is 1. The molecule has 2 aromatic carbocycles. The van der Waals surface area contributed by atoms with Crippen LogP contribution in [0.2, 0.25) is 0 Å². The van der Waals surface area contributed by atoms with Crippen LogP contribution >= 0.6 is 0 Å². The number of hydrogen-bond acceptors (Lipinski definition) is 5. The number of phenols is 2. The maximum absolute atomic E-state index is 9.96. The highest BCUT2D eigenvalue weighted by Gasteiger charge is 2.42. The van der Waals surface area contributed by atoms with Crippen LogP contribution in [-0.2, 0) is 5.41 Å². The van der Waals surface area contributed by atoms with Gasteiger partial charge < -0.3 is 14.9 Å². The first-order chi connectivity index (χ1) is 17.5. The zero-order valence-electron chi connectivity index (χ0n) is 22.3. The molecular formula is C31H46N2O3. The molecule has 0 spiro atoms. The molecule has 0 radical (unpaired) electrons. The topological polar surface area (TPSA) is 74.6 Å². The van der Waals surface area contributed by atoms with Crippen molar-refractivity contribution in [3.8, 4) is 17.2 Å². The third kappa shape index (κ3) is 6.95. The van der Waals surface area contributed by atoms with Gasteiger partial charge in [0.15, 0.2) is 0 Å². The molecule has 2 aliphatic heterocycles. The summed E-state index contributed by atoms with van der Waals surface area (Å²) in [5.74, 6) is 1.67. The fraction of sp³-hybridized carbons (Fsp3) is 0.613. The van der Waals surface area contributed by atoms with E-state index >= 15 is 0 Å². The van der Waals surface area contributed by atoms with Gasteiger partial charge in [-0.3, -0.25) is 0 Å². The Bertz CT molecular complexity index is 947. The van der Waals surface area contributed by atoms with Crippen LogP contribution in [0.5, 0.6) is 17.2 Å². The molecule has 4 unspecified atom stereocenters. The average molecular weight is 495 g/mol. The van der Waals surface area contributed by atoms with Gasteiger partial charge in [0.05, 0.1) is 12.8 Å². The molecule has 0 aromatic heterocycles. The summed E-state index contributed by atoms with van der Waals surface area (Å²) < 4.78 is 6.14. The van der Waals surface area contributed by atoms with E-state index in [1.807, 2.05) is 18.2 Å². The summed E-state index contributed by atoms with van der Waals surface area (Å²) in [4.78, 5) is 0. The van der Waals surface area contributed by atoms with E-state index in [2.05, 4.69) is 24.3 Å². The normalized spacial score (nSPS) is 24.8. The largest absolute Gasteiger partial charge is 0.508 e. The van der Waals surface area contributed by atoms with Gasteiger partial charge >= 0.3 is 0 Å². The highest BCUT2D eigenvalue weighted by atomic mass is 16.5. The van der Waals surface area contributed by atoms with Gasteiger partial charge in [-0.1, -0.05) is 89.8 Å². The molecule has 2 aromatic rings. The molecule has 0 amide bonds. The van der Waals surface area contributed by atoms with Gasteiger partial charge in [0.2, 0.25) is 0 Å². The minimum Gasteiger partial charge on any atom is -0.508 e. The number of unbranched alkanes of at least 4 members (excludes halogenated alkanes) is 8. The van der Waals surface area contributed by atoms with Crippen molar-refractivity contribution in [1.29, 1.82) is 0 Å². The standard InChI is InChI=1S/C31H46N2O3/c1-3-4-21-33-30(32-33)14-12-10-8-6-5-7-9-11-13-28-27-20-19-26(35)22-29(27)36-23-31(28,2)24-15-17-25(34)18-16-24/h15-20,22,28,30,32,34-35H,3-14,21,23H2,1-2H3. The minimum absolute atomic E-state index is 0.166. The second kappa shape index (κ2) is 12.8. The van der Waals surface area contributed by atoms with Crippen LogP contribution in [0.15, 0.2) is 42.5 Å². The Morgan fingerprint density at radius 3 is 2.19 bits per heavy atom. The zero-order chi connectivity index (χ0) is 25.4. The quantitative estimate of drug-likeness (QED) is 0.178. The lowest BCUT2D eigenvalue weighted by molar-refractivity contribution is 0.162. The van der Waals surface area contributed by atoms with Crippen molar-refractivity contribution >= 4 is 0 Å². The highest BCUT2D eigenvalue weighted by molar-refractivity contribution is 5.48. The molecule has 4 rings (SSSR count). The number of rotatable bonds is 15. The molecule has 2 aliphatic rings. The molecule has 36 heavy (non-hydrogen) atoms. The molecule has 5 heteroatoms. The zero-order valence-corrected chi connectivity index (χ0v) is 22.3. The summed E-state index contributed by atoms with van der Waals surface area (Å²) in [6.07, 6.45) is 16.1. The van der Waals surface area contributed by atoms with Crippen LogP contribution in [0.3, 0.4) is 0 Å². The van der Waals surface area contributed by atoms with Gasteiger partial charge in [-0.15, -0.1) is 0 Å². The highest BCUT2D eigenvalue weighted by Crippen LogP contribution is 2.49. The first kappa shape index (κ1) is 26.8. The van der Waals surface area contributed by atoms with Crippen LogP contribution in [0.25, 0.3) is 0 Å². The Labute approximate surface area is 217 Å². The molecule has 1 saturated heterocycles. The van der Waals surface area contributed by atoms with Crippen LogP contribution < -0.4 is 10.2 Å². The van der Waals surface area contributed by atoms with Crippen LogP contribution in [0.4, 0.5) is 0 Å². The Morgan fingerprint density at radius 1 is 0.861 bits per heavy atom. The summed E-state index contributed by atoms with van der Waals surface area (Å²) in [5, 5.41) is 22.1. The second-order valence-corrected chi connectivity index (χ2v) is 11.1. The number of nitrogens with one attached hydrogen (secondary N) is 1. The van der Waals surface area contributed by atoms with E-state index in [1.165, 1.54) is 88.3 Å². The summed E-state index contributed by atoms with van der Waals surface area (Å²) in [6, 6.07) is 13.2. The van der Waals surface area contributed by atoms with E-state index in [1.54, 1.807) is 24.3 Å². The number of ether oxygens (including phenoxy) is 1. The van der Waals surface area contributed by atoms with Crippen molar-refractivity contribution in [3.63, 3.8) is 0 Å². The molecule has 4 atom stereocenters.